The zero-order chi connectivity index (χ0) is 8.55. The third-order valence-electron chi connectivity index (χ3n) is 2.15. The minimum absolute atomic E-state index is 0.246. The van der Waals surface area contributed by atoms with Crippen molar-refractivity contribution < 1.29 is 4.74 Å². The first kappa shape index (κ1) is 7.35. The van der Waals surface area contributed by atoms with E-state index in [1.54, 1.807) is 7.11 Å². The SMILES string of the molecule is COC1=NC(C)c2ccccc21. The minimum atomic E-state index is 0.246. The van der Waals surface area contributed by atoms with Crippen LogP contribution in [-0.4, -0.2) is 13.0 Å². The fraction of sp³-hybridized carbons (Fsp3) is 0.300. The summed E-state index contributed by atoms with van der Waals surface area (Å²) < 4.78 is 5.16. The maximum atomic E-state index is 5.16. The van der Waals surface area contributed by atoms with Gasteiger partial charge in [-0.15, -0.1) is 0 Å². The van der Waals surface area contributed by atoms with E-state index in [0.717, 1.165) is 11.5 Å². The van der Waals surface area contributed by atoms with E-state index in [4.69, 9.17) is 4.74 Å². The van der Waals surface area contributed by atoms with Gasteiger partial charge in [0.1, 0.15) is 0 Å². The first-order valence-corrected chi connectivity index (χ1v) is 4.04. The van der Waals surface area contributed by atoms with Gasteiger partial charge in [-0.1, -0.05) is 18.2 Å². The summed E-state index contributed by atoms with van der Waals surface area (Å²) in [6, 6.07) is 8.42. The number of methoxy groups -OCH3 is 1. The summed E-state index contributed by atoms with van der Waals surface area (Å²) in [7, 11) is 1.66. The summed E-state index contributed by atoms with van der Waals surface area (Å²) in [5.41, 5.74) is 2.39. The number of nitrogens with zero attached hydrogens (tertiary/aromatic N) is 1. The smallest absolute Gasteiger partial charge is 0.216 e. The summed E-state index contributed by atoms with van der Waals surface area (Å²) in [5.74, 6) is 0.762. The van der Waals surface area contributed by atoms with Crippen molar-refractivity contribution in [1.82, 2.24) is 0 Å². The Morgan fingerprint density at radius 2 is 2.08 bits per heavy atom. The number of aliphatic imine (C=N–C) groups is 1. The molecule has 1 aliphatic heterocycles. The molecule has 0 amide bonds. The third-order valence-corrected chi connectivity index (χ3v) is 2.15. The largest absolute Gasteiger partial charge is 0.481 e. The molecule has 0 aromatic heterocycles. The van der Waals surface area contributed by atoms with Crippen LogP contribution < -0.4 is 0 Å². The molecule has 2 heteroatoms. The van der Waals surface area contributed by atoms with E-state index in [-0.39, 0.29) is 6.04 Å². The van der Waals surface area contributed by atoms with E-state index in [9.17, 15) is 0 Å². The van der Waals surface area contributed by atoms with Crippen molar-refractivity contribution in [2.45, 2.75) is 13.0 Å². The van der Waals surface area contributed by atoms with Crippen molar-refractivity contribution in [3.63, 3.8) is 0 Å². The second-order valence-electron chi connectivity index (χ2n) is 2.90. The molecule has 0 saturated heterocycles. The van der Waals surface area contributed by atoms with Crippen molar-refractivity contribution in [2.75, 3.05) is 7.11 Å². The Kier molecular flexibility index (Phi) is 1.61. The maximum Gasteiger partial charge on any atom is 0.216 e. The van der Waals surface area contributed by atoms with E-state index in [1.807, 2.05) is 18.2 Å². The average Bonchev–Trinajstić information content (AvgIpc) is 2.44. The predicted octanol–water partition coefficient (Wildman–Crippen LogP) is 2.15. The van der Waals surface area contributed by atoms with Gasteiger partial charge in [0.25, 0.3) is 0 Å². The number of hydrogen-bond acceptors (Lipinski definition) is 2. The Morgan fingerprint density at radius 1 is 1.33 bits per heavy atom. The van der Waals surface area contributed by atoms with Crippen LogP contribution in [0.1, 0.15) is 24.1 Å². The normalized spacial score (nSPS) is 20.2. The molecular weight excluding hydrogens is 150 g/mol. The first-order valence-electron chi connectivity index (χ1n) is 4.04. The Hall–Kier alpha value is -1.31. The fourth-order valence-corrected chi connectivity index (χ4v) is 1.53. The quantitative estimate of drug-likeness (QED) is 0.571. The second kappa shape index (κ2) is 2.63. The molecule has 1 aliphatic rings. The Morgan fingerprint density at radius 3 is 2.83 bits per heavy atom. The minimum Gasteiger partial charge on any atom is -0.481 e. The topological polar surface area (TPSA) is 21.6 Å². The lowest BCUT2D eigenvalue weighted by atomic mass is 10.1. The van der Waals surface area contributed by atoms with Crippen LogP contribution in [0.25, 0.3) is 0 Å². The number of fused-ring (bicyclic) bond motifs is 1. The molecule has 2 rings (SSSR count). The van der Waals surface area contributed by atoms with Gasteiger partial charge in [0.15, 0.2) is 0 Å². The van der Waals surface area contributed by atoms with Crippen LogP contribution in [0, 0.1) is 0 Å². The molecular formula is C10H11NO. The second-order valence-corrected chi connectivity index (χ2v) is 2.90. The lowest BCUT2D eigenvalue weighted by Gasteiger charge is -2.01. The molecule has 0 N–H and O–H groups in total. The van der Waals surface area contributed by atoms with E-state index >= 15 is 0 Å². The molecule has 0 saturated carbocycles. The van der Waals surface area contributed by atoms with Gasteiger partial charge in [-0.25, -0.2) is 4.99 Å². The van der Waals surface area contributed by atoms with E-state index in [0.29, 0.717) is 0 Å². The summed E-state index contributed by atoms with van der Waals surface area (Å²) in [6.07, 6.45) is 0. The van der Waals surface area contributed by atoms with Crippen LogP contribution in [0.4, 0.5) is 0 Å². The standard InChI is InChI=1S/C10H11NO/c1-7-8-5-3-4-6-9(8)10(11-7)12-2/h3-7H,1-2H3. The lowest BCUT2D eigenvalue weighted by Crippen LogP contribution is -1.99. The van der Waals surface area contributed by atoms with Crippen LogP contribution in [-0.2, 0) is 4.74 Å². The Labute approximate surface area is 71.9 Å². The number of ether oxygens (including phenoxy) is 1. The number of rotatable bonds is 0. The van der Waals surface area contributed by atoms with Gasteiger partial charge in [0.2, 0.25) is 5.90 Å². The van der Waals surface area contributed by atoms with Gasteiger partial charge < -0.3 is 4.74 Å². The highest BCUT2D eigenvalue weighted by Crippen LogP contribution is 2.28. The van der Waals surface area contributed by atoms with E-state index < -0.39 is 0 Å². The van der Waals surface area contributed by atoms with Crippen LogP contribution in [0.3, 0.4) is 0 Å². The first-order chi connectivity index (χ1) is 5.83. The highest BCUT2D eigenvalue weighted by Gasteiger charge is 2.21. The molecule has 0 aliphatic carbocycles. The monoisotopic (exact) mass is 161 g/mol. The highest BCUT2D eigenvalue weighted by atomic mass is 16.5. The molecule has 0 fully saturated rings. The van der Waals surface area contributed by atoms with Crippen LogP contribution in [0.2, 0.25) is 0 Å². The van der Waals surface area contributed by atoms with Gasteiger partial charge in [-0.3, -0.25) is 0 Å². The molecule has 1 atom stereocenters. The fourth-order valence-electron chi connectivity index (χ4n) is 1.53. The molecule has 1 aromatic carbocycles. The van der Waals surface area contributed by atoms with Crippen molar-refractivity contribution in [3.8, 4) is 0 Å². The highest BCUT2D eigenvalue weighted by molar-refractivity contribution is 5.98. The van der Waals surface area contributed by atoms with E-state index in [2.05, 4.69) is 18.0 Å². The third kappa shape index (κ3) is 0.916. The van der Waals surface area contributed by atoms with Crippen LogP contribution in [0.15, 0.2) is 29.3 Å². The molecule has 0 bridgehead atoms. The van der Waals surface area contributed by atoms with Crippen molar-refractivity contribution in [3.05, 3.63) is 35.4 Å². The van der Waals surface area contributed by atoms with Gasteiger partial charge in [-0.2, -0.15) is 0 Å². The summed E-state index contributed by atoms with van der Waals surface area (Å²) in [4.78, 5) is 4.37. The van der Waals surface area contributed by atoms with Gasteiger partial charge >= 0.3 is 0 Å². The molecule has 2 nitrogen and oxygen atoms in total. The summed E-state index contributed by atoms with van der Waals surface area (Å²) in [5, 5.41) is 0. The zero-order valence-corrected chi connectivity index (χ0v) is 7.24. The zero-order valence-electron chi connectivity index (χ0n) is 7.24. The average molecular weight is 161 g/mol. The molecule has 0 radical (unpaired) electrons. The molecule has 62 valence electrons. The molecule has 0 spiro atoms. The summed E-state index contributed by atoms with van der Waals surface area (Å²) in [6.45, 7) is 2.07. The molecule has 1 unspecified atom stereocenters. The maximum absolute atomic E-state index is 5.16. The number of hydrogen-bond donors (Lipinski definition) is 0. The Balaban J connectivity index is 2.53. The molecule has 1 aromatic rings. The van der Waals surface area contributed by atoms with E-state index in [1.165, 1.54) is 5.56 Å². The predicted molar refractivity (Wildman–Crippen MR) is 48.4 cm³/mol. The molecule has 12 heavy (non-hydrogen) atoms. The molecule has 1 heterocycles. The van der Waals surface area contributed by atoms with Crippen LogP contribution >= 0.6 is 0 Å². The van der Waals surface area contributed by atoms with Gasteiger partial charge in [0, 0.05) is 5.56 Å². The summed E-state index contributed by atoms with van der Waals surface area (Å²) >= 11 is 0. The number of benzene rings is 1. The van der Waals surface area contributed by atoms with Crippen molar-refractivity contribution in [1.29, 1.82) is 0 Å². The van der Waals surface area contributed by atoms with Gasteiger partial charge in [0.05, 0.1) is 13.2 Å². The van der Waals surface area contributed by atoms with Crippen molar-refractivity contribution in [2.24, 2.45) is 4.99 Å². The lowest BCUT2D eigenvalue weighted by molar-refractivity contribution is 0.404. The van der Waals surface area contributed by atoms with Crippen molar-refractivity contribution >= 4 is 5.90 Å². The Bertz CT molecular complexity index is 330. The van der Waals surface area contributed by atoms with Crippen LogP contribution in [0.5, 0.6) is 0 Å². The van der Waals surface area contributed by atoms with Gasteiger partial charge in [-0.05, 0) is 18.6 Å².